The standard InChI is InChI=1S/C10H21N/c1-9(2)8-10(3)6-5-7-11-4/h6,9,11H,5,7-8H2,1-4H3/b10-6-. The molecule has 0 atom stereocenters. The summed E-state index contributed by atoms with van der Waals surface area (Å²) in [5.41, 5.74) is 1.52. The Balaban J connectivity index is 3.46. The zero-order valence-electron chi connectivity index (χ0n) is 8.28. The molecule has 0 aromatic carbocycles. The van der Waals surface area contributed by atoms with Crippen LogP contribution in [-0.4, -0.2) is 13.6 Å². The lowest BCUT2D eigenvalue weighted by Gasteiger charge is -2.04. The molecule has 0 aliphatic heterocycles. The normalized spacial score (nSPS) is 12.6. The molecule has 0 fully saturated rings. The van der Waals surface area contributed by atoms with Gasteiger partial charge in [-0.15, -0.1) is 0 Å². The quantitative estimate of drug-likeness (QED) is 0.475. The van der Waals surface area contributed by atoms with E-state index < -0.39 is 0 Å². The highest BCUT2D eigenvalue weighted by Gasteiger charge is 1.93. The molecule has 1 nitrogen and oxygen atoms in total. The van der Waals surface area contributed by atoms with Crippen molar-refractivity contribution in [2.24, 2.45) is 5.92 Å². The second-order valence-electron chi connectivity index (χ2n) is 3.54. The van der Waals surface area contributed by atoms with E-state index in [0.717, 1.165) is 18.9 Å². The molecular weight excluding hydrogens is 134 g/mol. The van der Waals surface area contributed by atoms with E-state index >= 15 is 0 Å². The highest BCUT2D eigenvalue weighted by Crippen LogP contribution is 2.09. The molecule has 0 unspecified atom stereocenters. The Bertz CT molecular complexity index is 114. The van der Waals surface area contributed by atoms with Gasteiger partial charge in [0, 0.05) is 0 Å². The minimum Gasteiger partial charge on any atom is -0.319 e. The Hall–Kier alpha value is -0.300. The van der Waals surface area contributed by atoms with Gasteiger partial charge in [0.15, 0.2) is 0 Å². The van der Waals surface area contributed by atoms with Crippen LogP contribution in [0.15, 0.2) is 11.6 Å². The largest absolute Gasteiger partial charge is 0.319 e. The summed E-state index contributed by atoms with van der Waals surface area (Å²) in [7, 11) is 1.99. The van der Waals surface area contributed by atoms with Crippen molar-refractivity contribution in [3.05, 3.63) is 11.6 Å². The van der Waals surface area contributed by atoms with Crippen molar-refractivity contribution in [1.82, 2.24) is 5.32 Å². The van der Waals surface area contributed by atoms with E-state index in [1.54, 1.807) is 0 Å². The maximum atomic E-state index is 3.13. The maximum Gasteiger partial charge on any atom is -0.00172 e. The topological polar surface area (TPSA) is 12.0 Å². The number of hydrogen-bond acceptors (Lipinski definition) is 1. The summed E-state index contributed by atoms with van der Waals surface area (Å²) < 4.78 is 0. The number of hydrogen-bond donors (Lipinski definition) is 1. The van der Waals surface area contributed by atoms with Crippen LogP contribution in [0.3, 0.4) is 0 Å². The summed E-state index contributed by atoms with van der Waals surface area (Å²) >= 11 is 0. The Morgan fingerprint density at radius 2 is 2.09 bits per heavy atom. The molecule has 0 heterocycles. The van der Waals surface area contributed by atoms with Crippen LogP contribution in [0.25, 0.3) is 0 Å². The van der Waals surface area contributed by atoms with Crippen molar-refractivity contribution >= 4 is 0 Å². The van der Waals surface area contributed by atoms with Gasteiger partial charge in [-0.2, -0.15) is 0 Å². The Morgan fingerprint density at radius 1 is 1.45 bits per heavy atom. The third-order valence-corrected chi connectivity index (χ3v) is 1.62. The molecule has 66 valence electrons. The highest BCUT2D eigenvalue weighted by atomic mass is 14.8. The fourth-order valence-electron chi connectivity index (χ4n) is 1.19. The molecule has 0 amide bonds. The molecule has 0 saturated heterocycles. The van der Waals surface area contributed by atoms with Gasteiger partial charge in [0.2, 0.25) is 0 Å². The Morgan fingerprint density at radius 3 is 2.55 bits per heavy atom. The van der Waals surface area contributed by atoms with Crippen molar-refractivity contribution in [3.8, 4) is 0 Å². The zero-order chi connectivity index (χ0) is 8.69. The fourth-order valence-corrected chi connectivity index (χ4v) is 1.19. The van der Waals surface area contributed by atoms with Crippen LogP contribution in [0.5, 0.6) is 0 Å². The average molecular weight is 155 g/mol. The van der Waals surface area contributed by atoms with Crippen LogP contribution >= 0.6 is 0 Å². The summed E-state index contributed by atoms with van der Waals surface area (Å²) in [6.07, 6.45) is 4.73. The van der Waals surface area contributed by atoms with Crippen LogP contribution in [-0.2, 0) is 0 Å². The summed E-state index contributed by atoms with van der Waals surface area (Å²) in [6, 6.07) is 0. The monoisotopic (exact) mass is 155 g/mol. The number of allylic oxidation sites excluding steroid dienone is 1. The first-order chi connectivity index (χ1) is 5.16. The van der Waals surface area contributed by atoms with Gasteiger partial charge in [-0.25, -0.2) is 0 Å². The molecule has 0 spiro atoms. The Labute approximate surface area is 70.9 Å². The smallest absolute Gasteiger partial charge is 0.00172 e. The van der Waals surface area contributed by atoms with Gasteiger partial charge in [-0.3, -0.25) is 0 Å². The van der Waals surface area contributed by atoms with E-state index in [1.807, 2.05) is 7.05 Å². The second kappa shape index (κ2) is 6.41. The van der Waals surface area contributed by atoms with Crippen molar-refractivity contribution < 1.29 is 0 Å². The first-order valence-corrected chi connectivity index (χ1v) is 4.47. The van der Waals surface area contributed by atoms with E-state index in [1.165, 1.54) is 12.0 Å². The minimum atomic E-state index is 0.792. The van der Waals surface area contributed by atoms with Crippen LogP contribution in [0, 0.1) is 5.92 Å². The minimum absolute atomic E-state index is 0.792. The van der Waals surface area contributed by atoms with Gasteiger partial charge >= 0.3 is 0 Å². The van der Waals surface area contributed by atoms with Gasteiger partial charge in [0.1, 0.15) is 0 Å². The van der Waals surface area contributed by atoms with Gasteiger partial charge in [0.05, 0.1) is 0 Å². The van der Waals surface area contributed by atoms with Crippen LogP contribution in [0.4, 0.5) is 0 Å². The lowest BCUT2D eigenvalue weighted by atomic mass is 10.0. The van der Waals surface area contributed by atoms with Crippen LogP contribution in [0.1, 0.15) is 33.6 Å². The molecule has 0 saturated carbocycles. The van der Waals surface area contributed by atoms with Crippen LogP contribution in [0.2, 0.25) is 0 Å². The van der Waals surface area contributed by atoms with Gasteiger partial charge in [-0.05, 0) is 39.3 Å². The molecule has 0 aromatic rings. The number of rotatable bonds is 5. The molecule has 0 rings (SSSR count). The SMILES string of the molecule is CNCC/C=C(/C)CC(C)C. The van der Waals surface area contributed by atoms with E-state index in [0.29, 0.717) is 0 Å². The van der Waals surface area contributed by atoms with Crippen molar-refractivity contribution in [1.29, 1.82) is 0 Å². The lowest BCUT2D eigenvalue weighted by molar-refractivity contribution is 0.639. The van der Waals surface area contributed by atoms with Crippen molar-refractivity contribution in [2.45, 2.75) is 33.6 Å². The van der Waals surface area contributed by atoms with E-state index in [2.05, 4.69) is 32.2 Å². The van der Waals surface area contributed by atoms with Crippen LogP contribution < -0.4 is 5.32 Å². The molecule has 0 bridgehead atoms. The predicted octanol–water partition coefficient (Wildman–Crippen LogP) is 2.59. The molecule has 0 aliphatic rings. The highest BCUT2D eigenvalue weighted by molar-refractivity contribution is 4.98. The second-order valence-corrected chi connectivity index (χ2v) is 3.54. The lowest BCUT2D eigenvalue weighted by Crippen LogP contribution is -2.06. The molecule has 1 N–H and O–H groups in total. The van der Waals surface area contributed by atoms with Gasteiger partial charge in [0.25, 0.3) is 0 Å². The molecular formula is C10H21N. The van der Waals surface area contributed by atoms with Gasteiger partial charge in [-0.1, -0.05) is 25.5 Å². The molecule has 0 aliphatic carbocycles. The summed E-state index contributed by atoms with van der Waals surface area (Å²) in [5, 5.41) is 3.13. The number of nitrogens with one attached hydrogen (secondary N) is 1. The molecule has 0 radical (unpaired) electrons. The predicted molar refractivity (Wildman–Crippen MR) is 51.8 cm³/mol. The summed E-state index contributed by atoms with van der Waals surface area (Å²) in [5.74, 6) is 0.792. The van der Waals surface area contributed by atoms with E-state index in [-0.39, 0.29) is 0 Å². The zero-order valence-corrected chi connectivity index (χ0v) is 8.28. The maximum absolute atomic E-state index is 3.13. The average Bonchev–Trinajstić information content (AvgIpc) is 1.86. The van der Waals surface area contributed by atoms with Crippen molar-refractivity contribution in [2.75, 3.05) is 13.6 Å². The van der Waals surface area contributed by atoms with Gasteiger partial charge < -0.3 is 5.32 Å². The molecule has 11 heavy (non-hydrogen) atoms. The third kappa shape index (κ3) is 7.60. The Kier molecular flexibility index (Phi) is 6.24. The molecule has 0 aromatic heterocycles. The summed E-state index contributed by atoms with van der Waals surface area (Å²) in [6.45, 7) is 7.83. The van der Waals surface area contributed by atoms with E-state index in [4.69, 9.17) is 0 Å². The molecule has 1 heteroatoms. The fraction of sp³-hybridized carbons (Fsp3) is 0.800. The first kappa shape index (κ1) is 10.7. The summed E-state index contributed by atoms with van der Waals surface area (Å²) in [4.78, 5) is 0. The van der Waals surface area contributed by atoms with E-state index in [9.17, 15) is 0 Å². The third-order valence-electron chi connectivity index (χ3n) is 1.62. The first-order valence-electron chi connectivity index (χ1n) is 4.47. The van der Waals surface area contributed by atoms with Crippen molar-refractivity contribution in [3.63, 3.8) is 0 Å².